The lowest BCUT2D eigenvalue weighted by molar-refractivity contribution is 0.262. The smallest absolute Gasteiger partial charge is 0.323 e. The van der Waals surface area contributed by atoms with Gasteiger partial charge in [0.1, 0.15) is 17.1 Å². The molecule has 250 valence electrons. The van der Waals surface area contributed by atoms with Gasteiger partial charge in [0.15, 0.2) is 0 Å². The van der Waals surface area contributed by atoms with Crippen LogP contribution in [0.1, 0.15) is 83.0 Å². The lowest BCUT2D eigenvalue weighted by atomic mass is 9.93. The highest BCUT2D eigenvalue weighted by atomic mass is 16.5. The summed E-state index contributed by atoms with van der Waals surface area (Å²) in [6, 6.07) is 22.9. The molecule has 2 aromatic carbocycles. The summed E-state index contributed by atoms with van der Waals surface area (Å²) in [7, 11) is 0. The molecule has 2 amide bonds. The van der Waals surface area contributed by atoms with Crippen LogP contribution < -0.4 is 20.9 Å². The number of nitrogens with zero attached hydrogens (tertiary/aromatic N) is 3. The maximum absolute atomic E-state index is 14.4. The third kappa shape index (κ3) is 8.11. The van der Waals surface area contributed by atoms with E-state index in [2.05, 4.69) is 62.1 Å². The second kappa shape index (κ2) is 15.7. The summed E-state index contributed by atoms with van der Waals surface area (Å²) >= 11 is 0. The van der Waals surface area contributed by atoms with E-state index < -0.39 is 6.03 Å². The van der Waals surface area contributed by atoms with E-state index >= 15 is 0 Å². The van der Waals surface area contributed by atoms with Gasteiger partial charge in [0, 0.05) is 47.7 Å². The van der Waals surface area contributed by atoms with Gasteiger partial charge < -0.3 is 15.4 Å². The Bertz CT molecular complexity index is 1890. The van der Waals surface area contributed by atoms with Crippen molar-refractivity contribution < 1.29 is 9.53 Å². The molecular formula is C40H47N5O3. The van der Waals surface area contributed by atoms with Gasteiger partial charge in [-0.05, 0) is 83.7 Å². The number of aryl methyl sites for hydroxylation is 1. The second-order valence-corrected chi connectivity index (χ2v) is 13.3. The molecule has 0 saturated heterocycles. The molecule has 0 atom stereocenters. The Morgan fingerprint density at radius 2 is 1.52 bits per heavy atom. The van der Waals surface area contributed by atoms with Crippen molar-refractivity contribution in [1.29, 1.82) is 0 Å². The Morgan fingerprint density at radius 3 is 2.21 bits per heavy atom. The van der Waals surface area contributed by atoms with Crippen molar-refractivity contribution in [2.45, 2.75) is 79.2 Å². The molecule has 5 rings (SSSR count). The Morgan fingerprint density at radius 1 is 0.812 bits per heavy atom. The minimum Gasteiger partial charge on any atom is -0.493 e. The first-order valence-electron chi connectivity index (χ1n) is 17.0. The van der Waals surface area contributed by atoms with E-state index in [1.807, 2.05) is 72.8 Å². The zero-order chi connectivity index (χ0) is 34.2. The summed E-state index contributed by atoms with van der Waals surface area (Å²) in [5.41, 5.74) is 5.66. The molecule has 0 saturated carbocycles. The summed E-state index contributed by atoms with van der Waals surface area (Å²) in [6.07, 6.45) is 5.92. The lowest BCUT2D eigenvalue weighted by Gasteiger charge is -2.22. The molecule has 48 heavy (non-hydrogen) atoms. The molecule has 8 nitrogen and oxygen atoms in total. The van der Waals surface area contributed by atoms with Crippen LogP contribution in [0.25, 0.3) is 22.2 Å². The molecule has 2 N–H and O–H groups in total. The lowest BCUT2D eigenvalue weighted by Crippen LogP contribution is -2.30. The molecule has 0 radical (unpaired) electrons. The molecule has 0 aliphatic rings. The van der Waals surface area contributed by atoms with Crippen LogP contribution in [0.2, 0.25) is 0 Å². The number of anilines is 2. The van der Waals surface area contributed by atoms with Crippen LogP contribution in [-0.2, 0) is 13.0 Å². The van der Waals surface area contributed by atoms with Gasteiger partial charge in [-0.2, -0.15) is 0 Å². The first-order chi connectivity index (χ1) is 23.1. The first kappa shape index (κ1) is 34.4. The number of aromatic nitrogens is 3. The highest BCUT2D eigenvalue weighted by Crippen LogP contribution is 2.36. The summed E-state index contributed by atoms with van der Waals surface area (Å²) in [4.78, 5) is 37.5. The van der Waals surface area contributed by atoms with Crippen molar-refractivity contribution in [3.8, 4) is 16.9 Å². The molecular weight excluding hydrogens is 598 g/mol. The van der Waals surface area contributed by atoms with E-state index in [-0.39, 0.29) is 23.1 Å². The third-order valence-electron chi connectivity index (χ3n) is 8.51. The van der Waals surface area contributed by atoms with Crippen molar-refractivity contribution in [3.63, 3.8) is 0 Å². The van der Waals surface area contributed by atoms with Crippen LogP contribution in [0.4, 0.5) is 16.2 Å². The summed E-state index contributed by atoms with van der Waals surface area (Å²) < 4.78 is 7.85. The van der Waals surface area contributed by atoms with Gasteiger partial charge in [-0.3, -0.25) is 14.3 Å². The van der Waals surface area contributed by atoms with Crippen LogP contribution in [0.15, 0.2) is 90.0 Å². The zero-order valence-corrected chi connectivity index (χ0v) is 28.9. The number of hydrogen-bond acceptors (Lipinski definition) is 5. The largest absolute Gasteiger partial charge is 0.493 e. The van der Waals surface area contributed by atoms with E-state index in [1.54, 1.807) is 17.0 Å². The molecule has 0 fully saturated rings. The predicted octanol–water partition coefficient (Wildman–Crippen LogP) is 9.41. The normalized spacial score (nSPS) is 11.4. The molecule has 0 aliphatic heterocycles. The van der Waals surface area contributed by atoms with Crippen LogP contribution in [0, 0.1) is 5.92 Å². The maximum atomic E-state index is 14.4. The number of benzene rings is 2. The number of carbonyl (C=O) groups is 1. The van der Waals surface area contributed by atoms with Crippen molar-refractivity contribution in [1.82, 2.24) is 14.5 Å². The third-order valence-corrected chi connectivity index (χ3v) is 8.51. The quantitative estimate of drug-likeness (QED) is 0.133. The van der Waals surface area contributed by atoms with Crippen LogP contribution in [0.3, 0.4) is 0 Å². The molecule has 0 aliphatic carbocycles. The van der Waals surface area contributed by atoms with Crippen molar-refractivity contribution >= 4 is 28.4 Å². The van der Waals surface area contributed by atoms with Gasteiger partial charge in [0.25, 0.3) is 5.56 Å². The van der Waals surface area contributed by atoms with E-state index in [9.17, 15) is 9.59 Å². The number of fused-ring (bicyclic) bond motifs is 1. The number of hydrogen-bond donors (Lipinski definition) is 2. The standard InChI is InChI=1S/C40H47N5O3/c1-26(2)13-12-23-45-38-34(19-11-22-42-38)35(29-14-9-16-31(25-29)48-24-20-30-15-7-8-21-41-30)37(39(45)46)44-40(47)43-36-32(27(3)4)17-10-18-33(36)28(5)6/h7-11,14-19,21-22,25-28H,12-13,20,23-24H2,1-6H3,(H2,43,44,47). The predicted molar refractivity (Wildman–Crippen MR) is 196 cm³/mol. The van der Waals surface area contributed by atoms with Gasteiger partial charge in [0.2, 0.25) is 0 Å². The Hall–Kier alpha value is -4.98. The molecule has 8 heteroatoms. The highest BCUT2D eigenvalue weighted by molar-refractivity contribution is 6.07. The number of rotatable bonds is 13. The Labute approximate surface area is 283 Å². The fourth-order valence-electron chi connectivity index (χ4n) is 6.08. The number of nitrogens with one attached hydrogen (secondary N) is 2. The minimum absolute atomic E-state index is 0.194. The van der Waals surface area contributed by atoms with E-state index in [1.165, 1.54) is 0 Å². The van der Waals surface area contributed by atoms with Gasteiger partial charge >= 0.3 is 6.03 Å². The summed E-state index contributed by atoms with van der Waals surface area (Å²) in [5.74, 6) is 1.54. The maximum Gasteiger partial charge on any atom is 0.323 e. The molecule has 0 unspecified atom stereocenters. The monoisotopic (exact) mass is 645 g/mol. The fraction of sp³-hybridized carbons (Fsp3) is 0.350. The molecule has 5 aromatic rings. The van der Waals surface area contributed by atoms with Crippen LogP contribution >= 0.6 is 0 Å². The van der Waals surface area contributed by atoms with Crippen molar-refractivity contribution in [2.24, 2.45) is 5.92 Å². The minimum atomic E-state index is -0.469. The van der Waals surface area contributed by atoms with Gasteiger partial charge in [0.05, 0.1) is 6.61 Å². The number of carbonyl (C=O) groups excluding carboxylic acids is 1. The summed E-state index contributed by atoms with van der Waals surface area (Å²) in [6.45, 7) is 13.7. The van der Waals surface area contributed by atoms with Crippen molar-refractivity contribution in [3.05, 3.63) is 112 Å². The second-order valence-electron chi connectivity index (χ2n) is 13.3. The number of urea groups is 1. The average Bonchev–Trinajstić information content (AvgIpc) is 3.06. The van der Waals surface area contributed by atoms with E-state index in [0.29, 0.717) is 42.5 Å². The number of para-hydroxylation sites is 1. The Kier molecular flexibility index (Phi) is 11.3. The highest BCUT2D eigenvalue weighted by Gasteiger charge is 2.23. The molecule has 3 aromatic heterocycles. The topological polar surface area (TPSA) is 98.1 Å². The van der Waals surface area contributed by atoms with Crippen LogP contribution in [0.5, 0.6) is 5.75 Å². The first-order valence-corrected chi connectivity index (χ1v) is 17.0. The number of pyridine rings is 3. The van der Waals surface area contributed by atoms with Crippen LogP contribution in [-0.4, -0.2) is 27.2 Å². The van der Waals surface area contributed by atoms with E-state index in [4.69, 9.17) is 4.74 Å². The SMILES string of the molecule is CC(C)CCCn1c(=O)c(NC(=O)Nc2c(C(C)C)cccc2C(C)C)c(-c2cccc(OCCc3ccccn3)c2)c2cccnc21. The molecule has 3 heterocycles. The molecule has 0 bridgehead atoms. The van der Waals surface area contributed by atoms with Crippen molar-refractivity contribution in [2.75, 3.05) is 17.2 Å². The number of amides is 2. The average molecular weight is 646 g/mol. The Balaban J connectivity index is 1.58. The van der Waals surface area contributed by atoms with E-state index in [0.717, 1.165) is 46.3 Å². The zero-order valence-electron chi connectivity index (χ0n) is 28.9. The summed E-state index contributed by atoms with van der Waals surface area (Å²) in [5, 5.41) is 6.92. The number of ether oxygens (including phenoxy) is 1. The fourth-order valence-corrected chi connectivity index (χ4v) is 6.08. The van der Waals surface area contributed by atoms with Gasteiger partial charge in [-0.1, -0.05) is 77.9 Å². The van der Waals surface area contributed by atoms with Gasteiger partial charge in [-0.15, -0.1) is 0 Å². The molecule has 0 spiro atoms. The van der Waals surface area contributed by atoms with Gasteiger partial charge in [-0.25, -0.2) is 9.78 Å².